The molecule has 22 heavy (non-hydrogen) atoms. The van der Waals surface area contributed by atoms with E-state index in [2.05, 4.69) is 17.6 Å². The Bertz CT molecular complexity index is 357. The van der Waals surface area contributed by atoms with Gasteiger partial charge in [-0.25, -0.2) is 13.6 Å². The van der Waals surface area contributed by atoms with Crippen molar-refractivity contribution in [3.05, 3.63) is 0 Å². The molecule has 0 bridgehead atoms. The van der Waals surface area contributed by atoms with Crippen molar-refractivity contribution in [1.29, 1.82) is 0 Å². The van der Waals surface area contributed by atoms with Crippen LogP contribution in [0.25, 0.3) is 0 Å². The van der Waals surface area contributed by atoms with E-state index in [1.54, 1.807) is 20.8 Å². The molecule has 0 heterocycles. The smallest absolute Gasteiger partial charge is 0.407 e. The standard InChI is InChI=1S/C16H30F2N2O2/c1-5-12-7-6-8-13(9-12)19-10-16(17,18)11-20-14(21)22-15(2,3)4/h12-13,19H,5-11H2,1-4H3,(H,20,21). The Morgan fingerprint density at radius 3 is 2.50 bits per heavy atom. The van der Waals surface area contributed by atoms with Crippen LogP contribution in [0.2, 0.25) is 0 Å². The van der Waals surface area contributed by atoms with Crippen LogP contribution in [0.1, 0.15) is 59.8 Å². The fourth-order valence-electron chi connectivity index (χ4n) is 2.72. The Hall–Kier alpha value is -0.910. The average Bonchev–Trinajstić information content (AvgIpc) is 2.42. The van der Waals surface area contributed by atoms with Gasteiger partial charge in [0.1, 0.15) is 5.60 Å². The SMILES string of the molecule is CCC1CCCC(NCC(F)(F)CNC(=O)OC(C)(C)C)C1. The maximum absolute atomic E-state index is 13.8. The van der Waals surface area contributed by atoms with Crippen LogP contribution >= 0.6 is 0 Å². The van der Waals surface area contributed by atoms with E-state index in [1.165, 1.54) is 6.42 Å². The number of alkyl halides is 2. The summed E-state index contributed by atoms with van der Waals surface area (Å²) >= 11 is 0. The van der Waals surface area contributed by atoms with Gasteiger partial charge in [0.2, 0.25) is 0 Å². The minimum Gasteiger partial charge on any atom is -0.444 e. The zero-order valence-electron chi connectivity index (χ0n) is 14.2. The van der Waals surface area contributed by atoms with Gasteiger partial charge in [0, 0.05) is 6.04 Å². The van der Waals surface area contributed by atoms with Crippen LogP contribution in [-0.2, 0) is 4.74 Å². The van der Waals surface area contributed by atoms with Crippen molar-refractivity contribution < 1.29 is 18.3 Å². The van der Waals surface area contributed by atoms with E-state index in [4.69, 9.17) is 4.74 Å². The van der Waals surface area contributed by atoms with Crippen LogP contribution < -0.4 is 10.6 Å². The average molecular weight is 320 g/mol. The zero-order chi connectivity index (χ0) is 16.8. The van der Waals surface area contributed by atoms with Gasteiger partial charge < -0.3 is 15.4 Å². The third-order valence-corrected chi connectivity index (χ3v) is 3.90. The van der Waals surface area contributed by atoms with Gasteiger partial charge in [-0.2, -0.15) is 0 Å². The van der Waals surface area contributed by atoms with Gasteiger partial charge in [-0.1, -0.05) is 26.2 Å². The van der Waals surface area contributed by atoms with E-state index in [9.17, 15) is 13.6 Å². The molecule has 0 radical (unpaired) electrons. The summed E-state index contributed by atoms with van der Waals surface area (Å²) in [6.45, 7) is 6.10. The summed E-state index contributed by atoms with van der Waals surface area (Å²) in [6, 6.07) is 0.158. The summed E-state index contributed by atoms with van der Waals surface area (Å²) in [4.78, 5) is 11.4. The van der Waals surface area contributed by atoms with E-state index in [0.717, 1.165) is 25.7 Å². The number of carbonyl (C=O) groups excluding carboxylic acids is 1. The van der Waals surface area contributed by atoms with Gasteiger partial charge in [-0.15, -0.1) is 0 Å². The lowest BCUT2D eigenvalue weighted by atomic mass is 9.84. The second kappa shape index (κ2) is 8.09. The quantitative estimate of drug-likeness (QED) is 0.784. The molecular formula is C16H30F2N2O2. The Morgan fingerprint density at radius 2 is 1.91 bits per heavy atom. The summed E-state index contributed by atoms with van der Waals surface area (Å²) < 4.78 is 32.6. The maximum atomic E-state index is 13.8. The predicted molar refractivity (Wildman–Crippen MR) is 83.2 cm³/mol. The van der Waals surface area contributed by atoms with Crippen LogP contribution in [0.5, 0.6) is 0 Å². The molecule has 1 rings (SSSR count). The molecule has 130 valence electrons. The van der Waals surface area contributed by atoms with Crippen LogP contribution in [0.15, 0.2) is 0 Å². The molecule has 6 heteroatoms. The highest BCUT2D eigenvalue weighted by atomic mass is 19.3. The fraction of sp³-hybridized carbons (Fsp3) is 0.938. The van der Waals surface area contributed by atoms with Crippen molar-refractivity contribution in [2.75, 3.05) is 13.1 Å². The molecule has 1 aliphatic carbocycles. The number of rotatable bonds is 6. The lowest BCUT2D eigenvalue weighted by Crippen LogP contribution is -2.47. The van der Waals surface area contributed by atoms with Crippen LogP contribution in [0.4, 0.5) is 13.6 Å². The molecule has 2 N–H and O–H groups in total. The van der Waals surface area contributed by atoms with Crippen LogP contribution in [0.3, 0.4) is 0 Å². The molecular weight excluding hydrogens is 290 g/mol. The molecule has 0 aromatic heterocycles. The molecule has 1 saturated carbocycles. The van der Waals surface area contributed by atoms with Crippen LogP contribution in [0, 0.1) is 5.92 Å². The van der Waals surface area contributed by atoms with Crippen molar-refractivity contribution in [3.63, 3.8) is 0 Å². The number of nitrogens with one attached hydrogen (secondary N) is 2. The lowest BCUT2D eigenvalue weighted by Gasteiger charge is -2.30. The minimum absolute atomic E-state index is 0.158. The third kappa shape index (κ3) is 7.92. The van der Waals surface area contributed by atoms with Crippen molar-refractivity contribution in [2.24, 2.45) is 5.92 Å². The van der Waals surface area contributed by atoms with Gasteiger partial charge in [-0.05, 0) is 39.5 Å². The van der Waals surface area contributed by atoms with Crippen molar-refractivity contribution in [3.8, 4) is 0 Å². The number of hydrogen-bond acceptors (Lipinski definition) is 3. The van der Waals surface area contributed by atoms with Crippen molar-refractivity contribution >= 4 is 6.09 Å². The summed E-state index contributed by atoms with van der Waals surface area (Å²) in [5.74, 6) is -2.34. The van der Waals surface area contributed by atoms with Gasteiger partial charge in [-0.3, -0.25) is 0 Å². The topological polar surface area (TPSA) is 50.4 Å². The second-order valence-corrected chi connectivity index (χ2v) is 7.23. The number of halogens is 2. The highest BCUT2D eigenvalue weighted by Gasteiger charge is 2.32. The first kappa shape index (κ1) is 19.1. The molecule has 0 aromatic carbocycles. The van der Waals surface area contributed by atoms with Gasteiger partial charge >= 0.3 is 6.09 Å². The number of hydrogen-bond donors (Lipinski definition) is 2. The van der Waals surface area contributed by atoms with E-state index < -0.39 is 30.7 Å². The van der Waals surface area contributed by atoms with E-state index >= 15 is 0 Å². The molecule has 0 saturated heterocycles. The Morgan fingerprint density at radius 1 is 1.23 bits per heavy atom. The molecule has 1 fully saturated rings. The second-order valence-electron chi connectivity index (χ2n) is 7.23. The monoisotopic (exact) mass is 320 g/mol. The Labute approximate surface area is 132 Å². The molecule has 1 amide bonds. The Balaban J connectivity index is 2.29. The number of ether oxygens (including phenoxy) is 1. The molecule has 2 atom stereocenters. The number of alkyl carbamates (subject to hydrolysis) is 1. The Kier molecular flexibility index (Phi) is 7.03. The summed E-state index contributed by atoms with van der Waals surface area (Å²) in [6.07, 6.45) is 4.51. The molecule has 2 unspecified atom stereocenters. The molecule has 4 nitrogen and oxygen atoms in total. The first-order valence-corrected chi connectivity index (χ1v) is 8.19. The van der Waals surface area contributed by atoms with E-state index in [0.29, 0.717) is 5.92 Å². The lowest BCUT2D eigenvalue weighted by molar-refractivity contribution is -0.00701. The molecule has 0 aliphatic heterocycles. The first-order valence-electron chi connectivity index (χ1n) is 8.19. The number of amides is 1. The normalized spacial score (nSPS) is 23.2. The van der Waals surface area contributed by atoms with E-state index in [1.807, 2.05) is 0 Å². The first-order chi connectivity index (χ1) is 10.1. The largest absolute Gasteiger partial charge is 0.444 e. The third-order valence-electron chi connectivity index (χ3n) is 3.90. The summed E-state index contributed by atoms with van der Waals surface area (Å²) in [5.41, 5.74) is -0.686. The highest BCUT2D eigenvalue weighted by Crippen LogP contribution is 2.27. The van der Waals surface area contributed by atoms with Crippen LogP contribution in [-0.4, -0.2) is 36.7 Å². The van der Waals surface area contributed by atoms with Gasteiger partial charge in [0.05, 0.1) is 13.1 Å². The predicted octanol–water partition coefficient (Wildman–Crippen LogP) is 3.70. The molecule has 1 aliphatic rings. The maximum Gasteiger partial charge on any atom is 0.407 e. The van der Waals surface area contributed by atoms with Crippen molar-refractivity contribution in [1.82, 2.24) is 10.6 Å². The number of carbonyl (C=O) groups is 1. The summed E-state index contributed by atoms with van der Waals surface area (Å²) in [5, 5.41) is 5.09. The van der Waals surface area contributed by atoms with E-state index in [-0.39, 0.29) is 6.04 Å². The summed E-state index contributed by atoms with van der Waals surface area (Å²) in [7, 11) is 0. The van der Waals surface area contributed by atoms with Gasteiger partial charge in [0.15, 0.2) is 0 Å². The highest BCUT2D eigenvalue weighted by molar-refractivity contribution is 5.67. The van der Waals surface area contributed by atoms with Gasteiger partial charge in [0.25, 0.3) is 5.92 Å². The molecule has 0 spiro atoms. The van der Waals surface area contributed by atoms with Crippen molar-refractivity contribution in [2.45, 2.75) is 77.4 Å². The fourth-order valence-corrected chi connectivity index (χ4v) is 2.72. The zero-order valence-corrected chi connectivity index (χ0v) is 14.2. The minimum atomic E-state index is -2.98. The molecule has 0 aromatic rings.